The van der Waals surface area contributed by atoms with Gasteiger partial charge < -0.3 is 14.8 Å². The number of nitrogens with one attached hydrogen (secondary N) is 2. The van der Waals surface area contributed by atoms with Crippen molar-refractivity contribution in [3.63, 3.8) is 0 Å². The number of aromatic nitrogens is 1. The highest BCUT2D eigenvalue weighted by molar-refractivity contribution is 7.89. The maximum absolute atomic E-state index is 11.8. The van der Waals surface area contributed by atoms with E-state index in [1.165, 1.54) is 0 Å². The number of carbonyl (C=O) groups excluding carboxylic acids is 1. The van der Waals surface area contributed by atoms with E-state index >= 15 is 0 Å². The molecule has 1 aromatic heterocycles. The molecule has 0 radical (unpaired) electrons. The van der Waals surface area contributed by atoms with E-state index in [4.69, 9.17) is 5.11 Å². The largest absolute Gasteiger partial charge is 0.468 e. The third-order valence-electron chi connectivity index (χ3n) is 2.03. The first-order chi connectivity index (χ1) is 8.40. The number of aliphatic hydroxyl groups is 1. The van der Waals surface area contributed by atoms with Crippen molar-refractivity contribution in [3.8, 4) is 0 Å². The molecule has 1 aromatic rings. The average molecular weight is 276 g/mol. The molecule has 0 bridgehead atoms. The van der Waals surface area contributed by atoms with Crippen LogP contribution in [0, 0.1) is 0 Å². The average Bonchev–Trinajstić information content (AvgIpc) is 2.35. The Balaban J connectivity index is 2.97. The van der Waals surface area contributed by atoms with Gasteiger partial charge in [-0.3, -0.25) is 9.59 Å². The molecule has 0 amide bonds. The maximum atomic E-state index is 11.8. The number of sulfonamides is 1. The van der Waals surface area contributed by atoms with E-state index in [9.17, 15) is 18.0 Å². The lowest BCUT2D eigenvalue weighted by molar-refractivity contribution is -0.143. The van der Waals surface area contributed by atoms with Gasteiger partial charge in [0.25, 0.3) is 0 Å². The van der Waals surface area contributed by atoms with Gasteiger partial charge in [0.15, 0.2) is 0 Å². The number of hydrogen-bond acceptors (Lipinski definition) is 6. The molecule has 8 nitrogen and oxygen atoms in total. The minimum Gasteiger partial charge on any atom is -0.468 e. The van der Waals surface area contributed by atoms with Gasteiger partial charge in [0.05, 0.1) is 18.6 Å². The summed E-state index contributed by atoms with van der Waals surface area (Å²) in [5.74, 6) is -0.912. The lowest BCUT2D eigenvalue weighted by Gasteiger charge is -2.13. The standard InChI is InChI=1S/C9H12N2O6S/c1-17-9(14)7(5-12)11-18(15,16)6-2-3-8(13)10-4-6/h2-4,7,11-12H,5H2,1H3,(H,10,13). The van der Waals surface area contributed by atoms with Crippen molar-refractivity contribution in [2.75, 3.05) is 13.7 Å². The third-order valence-corrected chi connectivity index (χ3v) is 3.50. The molecule has 0 aliphatic carbocycles. The normalized spacial score (nSPS) is 13.0. The van der Waals surface area contributed by atoms with Gasteiger partial charge in [0.1, 0.15) is 6.04 Å². The summed E-state index contributed by atoms with van der Waals surface area (Å²) in [6.07, 6.45) is 0.983. The summed E-state index contributed by atoms with van der Waals surface area (Å²) in [6, 6.07) is 0.708. The van der Waals surface area contributed by atoms with E-state index < -0.39 is 34.2 Å². The topological polar surface area (TPSA) is 126 Å². The summed E-state index contributed by atoms with van der Waals surface area (Å²) >= 11 is 0. The first kappa shape index (κ1) is 14.4. The van der Waals surface area contributed by atoms with Crippen LogP contribution in [0.1, 0.15) is 0 Å². The SMILES string of the molecule is COC(=O)C(CO)NS(=O)(=O)c1ccc(=O)[nH]c1. The number of H-pyrrole nitrogens is 1. The second kappa shape index (κ2) is 5.76. The van der Waals surface area contributed by atoms with Crippen LogP contribution in [0.4, 0.5) is 0 Å². The van der Waals surface area contributed by atoms with Gasteiger partial charge in [-0.1, -0.05) is 0 Å². The summed E-state index contributed by atoms with van der Waals surface area (Å²) in [4.78, 5) is 23.9. The summed E-state index contributed by atoms with van der Waals surface area (Å²) in [6.45, 7) is -0.741. The van der Waals surface area contributed by atoms with Crippen molar-refractivity contribution in [2.24, 2.45) is 0 Å². The van der Waals surface area contributed by atoms with Crippen LogP contribution >= 0.6 is 0 Å². The number of methoxy groups -OCH3 is 1. The van der Waals surface area contributed by atoms with Gasteiger partial charge in [0.2, 0.25) is 15.6 Å². The van der Waals surface area contributed by atoms with E-state index in [2.05, 4.69) is 9.72 Å². The quantitative estimate of drug-likeness (QED) is 0.544. The zero-order valence-electron chi connectivity index (χ0n) is 9.41. The zero-order chi connectivity index (χ0) is 13.8. The number of rotatable bonds is 5. The van der Waals surface area contributed by atoms with Crippen LogP contribution in [-0.4, -0.2) is 44.2 Å². The number of aromatic amines is 1. The molecule has 18 heavy (non-hydrogen) atoms. The van der Waals surface area contributed by atoms with Crippen molar-refractivity contribution in [2.45, 2.75) is 10.9 Å². The van der Waals surface area contributed by atoms with Crippen LogP contribution in [0.15, 0.2) is 28.0 Å². The Labute approximate surface area is 103 Å². The lowest BCUT2D eigenvalue weighted by Crippen LogP contribution is -2.44. The molecule has 1 heterocycles. The number of esters is 1. The van der Waals surface area contributed by atoms with E-state index in [-0.39, 0.29) is 4.90 Å². The molecule has 9 heteroatoms. The molecule has 0 aliphatic heterocycles. The predicted molar refractivity (Wildman–Crippen MR) is 60.3 cm³/mol. The fourth-order valence-corrected chi connectivity index (χ4v) is 2.26. The summed E-state index contributed by atoms with van der Waals surface area (Å²) in [5, 5.41) is 8.90. The maximum Gasteiger partial charge on any atom is 0.326 e. The van der Waals surface area contributed by atoms with Crippen molar-refractivity contribution in [1.82, 2.24) is 9.71 Å². The Hall–Kier alpha value is -1.71. The Bertz CT molecular complexity index is 558. The summed E-state index contributed by atoms with van der Waals surface area (Å²) in [7, 11) is -2.96. The minimum atomic E-state index is -4.02. The Kier molecular flexibility index (Phi) is 4.59. The van der Waals surface area contributed by atoms with Gasteiger partial charge in [-0.2, -0.15) is 4.72 Å². The molecule has 1 rings (SSSR count). The minimum absolute atomic E-state index is 0.232. The van der Waals surface area contributed by atoms with Crippen LogP contribution in [0.5, 0.6) is 0 Å². The van der Waals surface area contributed by atoms with E-state index in [0.29, 0.717) is 0 Å². The van der Waals surface area contributed by atoms with Crippen LogP contribution in [0.2, 0.25) is 0 Å². The van der Waals surface area contributed by atoms with Crippen molar-refractivity contribution in [3.05, 3.63) is 28.7 Å². The van der Waals surface area contributed by atoms with Gasteiger partial charge in [-0.25, -0.2) is 8.42 Å². The molecule has 0 spiro atoms. The molecule has 1 atom stereocenters. The first-order valence-electron chi connectivity index (χ1n) is 4.80. The van der Waals surface area contributed by atoms with E-state index in [1.54, 1.807) is 0 Å². The molecule has 0 aromatic carbocycles. The molecule has 0 fully saturated rings. The summed E-state index contributed by atoms with van der Waals surface area (Å²) in [5.41, 5.74) is -0.458. The van der Waals surface area contributed by atoms with Crippen LogP contribution in [-0.2, 0) is 19.6 Å². The molecule has 1 unspecified atom stereocenters. The first-order valence-corrected chi connectivity index (χ1v) is 6.29. The van der Waals surface area contributed by atoms with Gasteiger partial charge in [-0.15, -0.1) is 0 Å². The third kappa shape index (κ3) is 3.39. The van der Waals surface area contributed by atoms with Crippen molar-refractivity contribution < 1.29 is 23.1 Å². The number of aliphatic hydroxyl groups excluding tert-OH is 1. The van der Waals surface area contributed by atoms with Crippen LogP contribution in [0.3, 0.4) is 0 Å². The fourth-order valence-electron chi connectivity index (χ4n) is 1.12. The van der Waals surface area contributed by atoms with Crippen LogP contribution < -0.4 is 10.3 Å². The molecule has 0 aliphatic rings. The number of carbonyl (C=O) groups is 1. The molecule has 3 N–H and O–H groups in total. The van der Waals surface area contributed by atoms with Gasteiger partial charge in [-0.05, 0) is 6.07 Å². The van der Waals surface area contributed by atoms with E-state index in [0.717, 1.165) is 25.4 Å². The molecule has 100 valence electrons. The lowest BCUT2D eigenvalue weighted by atomic mass is 10.3. The number of hydrogen-bond donors (Lipinski definition) is 3. The molecular formula is C9H12N2O6S. The van der Waals surface area contributed by atoms with Gasteiger partial charge >= 0.3 is 5.97 Å². The smallest absolute Gasteiger partial charge is 0.326 e. The highest BCUT2D eigenvalue weighted by Crippen LogP contribution is 2.05. The highest BCUT2D eigenvalue weighted by Gasteiger charge is 2.25. The van der Waals surface area contributed by atoms with Crippen molar-refractivity contribution in [1.29, 1.82) is 0 Å². The highest BCUT2D eigenvalue weighted by atomic mass is 32.2. The Morgan fingerprint density at radius 1 is 1.56 bits per heavy atom. The van der Waals surface area contributed by atoms with Crippen molar-refractivity contribution >= 4 is 16.0 Å². The monoisotopic (exact) mass is 276 g/mol. The Morgan fingerprint density at radius 2 is 2.22 bits per heavy atom. The second-order valence-electron chi connectivity index (χ2n) is 3.27. The van der Waals surface area contributed by atoms with E-state index in [1.807, 2.05) is 4.72 Å². The van der Waals surface area contributed by atoms with Crippen LogP contribution in [0.25, 0.3) is 0 Å². The predicted octanol–water partition coefficient (Wildman–Crippen LogP) is -1.81. The number of pyridine rings is 1. The number of ether oxygens (including phenoxy) is 1. The second-order valence-corrected chi connectivity index (χ2v) is 4.98. The fraction of sp³-hybridized carbons (Fsp3) is 0.333. The summed E-state index contributed by atoms with van der Waals surface area (Å²) < 4.78 is 29.8. The Morgan fingerprint density at radius 3 is 2.67 bits per heavy atom. The zero-order valence-corrected chi connectivity index (χ0v) is 10.2. The molecule has 0 saturated carbocycles. The van der Waals surface area contributed by atoms with Gasteiger partial charge in [0, 0.05) is 12.3 Å². The molecule has 0 saturated heterocycles. The molecular weight excluding hydrogens is 264 g/mol.